The average Bonchev–Trinajstić information content (AvgIpc) is 2.34. The third-order valence-electron chi connectivity index (χ3n) is 3.19. The molecule has 0 aliphatic carbocycles. The molecule has 1 heterocycles. The molecule has 0 radical (unpaired) electrons. The van der Waals surface area contributed by atoms with Crippen molar-refractivity contribution in [1.82, 2.24) is 5.32 Å². The summed E-state index contributed by atoms with van der Waals surface area (Å²) in [5.74, 6) is -0.0397. The van der Waals surface area contributed by atoms with E-state index in [4.69, 9.17) is 16.7 Å². The summed E-state index contributed by atoms with van der Waals surface area (Å²) < 4.78 is 0. The second-order valence-electron chi connectivity index (χ2n) is 4.51. The van der Waals surface area contributed by atoms with Crippen molar-refractivity contribution in [3.63, 3.8) is 0 Å². The SMILES string of the molecule is CC1CNC(=O)C(CCO)N1c1cccc(Cl)c1. The Labute approximate surface area is 112 Å². The topological polar surface area (TPSA) is 52.6 Å². The fourth-order valence-electron chi connectivity index (χ4n) is 2.36. The van der Waals surface area contributed by atoms with E-state index in [1.54, 1.807) is 6.07 Å². The third kappa shape index (κ3) is 2.60. The number of carbonyl (C=O) groups is 1. The lowest BCUT2D eigenvalue weighted by Gasteiger charge is -2.41. The van der Waals surface area contributed by atoms with E-state index in [9.17, 15) is 4.79 Å². The van der Waals surface area contributed by atoms with Crippen LogP contribution in [0.4, 0.5) is 5.69 Å². The number of aliphatic hydroxyl groups excluding tert-OH is 1. The maximum atomic E-state index is 11.9. The molecule has 1 aromatic rings. The van der Waals surface area contributed by atoms with Crippen molar-refractivity contribution in [3.05, 3.63) is 29.3 Å². The number of nitrogens with one attached hydrogen (secondary N) is 1. The van der Waals surface area contributed by atoms with Gasteiger partial charge in [0.15, 0.2) is 0 Å². The first-order valence-corrected chi connectivity index (χ1v) is 6.43. The van der Waals surface area contributed by atoms with Crippen molar-refractivity contribution >= 4 is 23.2 Å². The first kappa shape index (κ1) is 13.2. The van der Waals surface area contributed by atoms with Gasteiger partial charge in [0.05, 0.1) is 0 Å². The first-order valence-electron chi connectivity index (χ1n) is 6.06. The van der Waals surface area contributed by atoms with E-state index >= 15 is 0 Å². The summed E-state index contributed by atoms with van der Waals surface area (Å²) in [6.07, 6.45) is 0.419. The van der Waals surface area contributed by atoms with Crippen LogP contribution >= 0.6 is 11.6 Å². The molecular formula is C13H17ClN2O2. The summed E-state index contributed by atoms with van der Waals surface area (Å²) in [6, 6.07) is 7.30. The minimum absolute atomic E-state index is 0.0120. The highest BCUT2D eigenvalue weighted by Crippen LogP contribution is 2.26. The summed E-state index contributed by atoms with van der Waals surface area (Å²) >= 11 is 6.00. The minimum Gasteiger partial charge on any atom is -0.396 e. The fraction of sp³-hybridized carbons (Fsp3) is 0.462. The highest BCUT2D eigenvalue weighted by atomic mass is 35.5. The molecule has 5 heteroatoms. The van der Waals surface area contributed by atoms with Gasteiger partial charge < -0.3 is 15.3 Å². The van der Waals surface area contributed by atoms with Gasteiger partial charge in [-0.2, -0.15) is 0 Å². The van der Waals surface area contributed by atoms with Gasteiger partial charge in [-0.3, -0.25) is 4.79 Å². The monoisotopic (exact) mass is 268 g/mol. The fourth-order valence-corrected chi connectivity index (χ4v) is 2.55. The highest BCUT2D eigenvalue weighted by Gasteiger charge is 2.33. The Morgan fingerprint density at radius 1 is 1.56 bits per heavy atom. The number of hydrogen-bond acceptors (Lipinski definition) is 3. The Morgan fingerprint density at radius 2 is 2.33 bits per heavy atom. The molecule has 0 saturated carbocycles. The van der Waals surface area contributed by atoms with Gasteiger partial charge in [-0.15, -0.1) is 0 Å². The maximum absolute atomic E-state index is 11.9. The van der Waals surface area contributed by atoms with Gasteiger partial charge in [0, 0.05) is 29.9 Å². The normalized spacial score (nSPS) is 23.9. The molecule has 1 fully saturated rings. The highest BCUT2D eigenvalue weighted by molar-refractivity contribution is 6.30. The average molecular weight is 269 g/mol. The molecule has 2 rings (SSSR count). The number of carbonyl (C=O) groups excluding carboxylic acids is 1. The first-order chi connectivity index (χ1) is 8.63. The molecule has 1 amide bonds. The van der Waals surface area contributed by atoms with Crippen LogP contribution in [-0.2, 0) is 4.79 Å². The van der Waals surface area contributed by atoms with Crippen molar-refractivity contribution in [2.45, 2.75) is 25.4 Å². The molecule has 2 atom stereocenters. The molecular weight excluding hydrogens is 252 g/mol. The van der Waals surface area contributed by atoms with E-state index in [-0.39, 0.29) is 24.6 Å². The van der Waals surface area contributed by atoms with Gasteiger partial charge in [0.25, 0.3) is 0 Å². The molecule has 1 aliphatic heterocycles. The van der Waals surface area contributed by atoms with Crippen LogP contribution in [0.1, 0.15) is 13.3 Å². The van der Waals surface area contributed by atoms with Crippen LogP contribution in [0.3, 0.4) is 0 Å². The number of nitrogens with zero attached hydrogens (tertiary/aromatic N) is 1. The Bertz CT molecular complexity index is 439. The van der Waals surface area contributed by atoms with Crippen LogP contribution in [0.15, 0.2) is 24.3 Å². The van der Waals surface area contributed by atoms with E-state index in [0.717, 1.165) is 5.69 Å². The number of amides is 1. The lowest BCUT2D eigenvalue weighted by molar-refractivity contribution is -0.124. The second kappa shape index (κ2) is 5.59. The predicted octanol–water partition coefficient (Wildman–Crippen LogP) is 1.42. The summed E-state index contributed by atoms with van der Waals surface area (Å²) in [5, 5.41) is 12.6. The molecule has 0 bridgehead atoms. The van der Waals surface area contributed by atoms with E-state index in [1.807, 2.05) is 30.0 Å². The number of aliphatic hydroxyl groups is 1. The smallest absolute Gasteiger partial charge is 0.242 e. The molecule has 2 unspecified atom stereocenters. The molecule has 0 spiro atoms. The van der Waals surface area contributed by atoms with Crippen molar-refractivity contribution in [2.75, 3.05) is 18.1 Å². The van der Waals surface area contributed by atoms with Crippen molar-refractivity contribution in [2.24, 2.45) is 0 Å². The van der Waals surface area contributed by atoms with Gasteiger partial charge in [-0.05, 0) is 31.5 Å². The molecule has 0 aromatic heterocycles. The van der Waals surface area contributed by atoms with Crippen LogP contribution < -0.4 is 10.2 Å². The maximum Gasteiger partial charge on any atom is 0.242 e. The lowest BCUT2D eigenvalue weighted by atomic mass is 10.0. The van der Waals surface area contributed by atoms with E-state index in [1.165, 1.54) is 0 Å². The Kier molecular flexibility index (Phi) is 4.09. The van der Waals surface area contributed by atoms with E-state index < -0.39 is 0 Å². The zero-order valence-corrected chi connectivity index (χ0v) is 11.0. The lowest BCUT2D eigenvalue weighted by Crippen LogP contribution is -2.60. The summed E-state index contributed by atoms with van der Waals surface area (Å²) in [6.45, 7) is 2.64. The number of benzene rings is 1. The van der Waals surface area contributed by atoms with Gasteiger partial charge in [0.1, 0.15) is 6.04 Å². The van der Waals surface area contributed by atoms with Crippen LogP contribution in [0.5, 0.6) is 0 Å². The van der Waals surface area contributed by atoms with Gasteiger partial charge in [-0.1, -0.05) is 17.7 Å². The summed E-state index contributed by atoms with van der Waals surface area (Å²) in [7, 11) is 0. The van der Waals surface area contributed by atoms with E-state index in [2.05, 4.69) is 5.32 Å². The van der Waals surface area contributed by atoms with Crippen molar-refractivity contribution < 1.29 is 9.90 Å². The van der Waals surface area contributed by atoms with E-state index in [0.29, 0.717) is 18.0 Å². The second-order valence-corrected chi connectivity index (χ2v) is 4.95. The number of halogens is 1. The Balaban J connectivity index is 2.33. The van der Waals surface area contributed by atoms with Crippen LogP contribution in [-0.4, -0.2) is 36.2 Å². The summed E-state index contributed by atoms with van der Waals surface area (Å²) in [5.41, 5.74) is 0.920. The zero-order chi connectivity index (χ0) is 13.1. The minimum atomic E-state index is -0.336. The Hall–Kier alpha value is -1.26. The predicted molar refractivity (Wildman–Crippen MR) is 71.9 cm³/mol. The molecule has 98 valence electrons. The van der Waals surface area contributed by atoms with Gasteiger partial charge >= 0.3 is 0 Å². The molecule has 1 aliphatic rings. The summed E-state index contributed by atoms with van der Waals surface area (Å²) in [4.78, 5) is 13.9. The molecule has 18 heavy (non-hydrogen) atoms. The van der Waals surface area contributed by atoms with Gasteiger partial charge in [-0.25, -0.2) is 0 Å². The van der Waals surface area contributed by atoms with Crippen molar-refractivity contribution in [1.29, 1.82) is 0 Å². The van der Waals surface area contributed by atoms with Crippen LogP contribution in [0, 0.1) is 0 Å². The van der Waals surface area contributed by atoms with Crippen LogP contribution in [0.2, 0.25) is 5.02 Å². The third-order valence-corrected chi connectivity index (χ3v) is 3.43. The quantitative estimate of drug-likeness (QED) is 0.872. The van der Waals surface area contributed by atoms with Crippen molar-refractivity contribution in [3.8, 4) is 0 Å². The number of hydrogen-bond donors (Lipinski definition) is 2. The molecule has 4 nitrogen and oxygen atoms in total. The van der Waals surface area contributed by atoms with Gasteiger partial charge in [0.2, 0.25) is 5.91 Å². The number of anilines is 1. The standard InChI is InChI=1S/C13H17ClN2O2/c1-9-8-15-13(18)12(5-6-17)16(9)11-4-2-3-10(14)7-11/h2-4,7,9,12,17H,5-6,8H2,1H3,(H,15,18). The largest absolute Gasteiger partial charge is 0.396 e. The van der Waals surface area contributed by atoms with Crippen LogP contribution in [0.25, 0.3) is 0 Å². The zero-order valence-electron chi connectivity index (χ0n) is 10.3. The number of rotatable bonds is 3. The molecule has 1 saturated heterocycles. The molecule has 1 aromatic carbocycles. The Morgan fingerprint density at radius 3 is 3.00 bits per heavy atom. The number of piperazine rings is 1. The molecule has 2 N–H and O–H groups in total.